The number of ketones is 1. The molecule has 0 aromatic carbocycles. The van der Waals surface area contributed by atoms with E-state index in [0.717, 1.165) is 12.5 Å². The van der Waals surface area contributed by atoms with Gasteiger partial charge in [-0.3, -0.25) is 4.79 Å². The van der Waals surface area contributed by atoms with Gasteiger partial charge in [-0.1, -0.05) is 0 Å². The van der Waals surface area contributed by atoms with E-state index in [1.165, 1.54) is 45.2 Å². The van der Waals surface area contributed by atoms with Crippen LogP contribution in [0.2, 0.25) is 0 Å². The second-order valence-electron chi connectivity index (χ2n) is 5.37. The van der Waals surface area contributed by atoms with Crippen molar-refractivity contribution in [1.82, 2.24) is 4.90 Å². The molecule has 0 aromatic heterocycles. The third kappa shape index (κ3) is 1.40. The van der Waals surface area contributed by atoms with Crippen LogP contribution in [0.1, 0.15) is 32.1 Å². The summed E-state index contributed by atoms with van der Waals surface area (Å²) >= 11 is 0. The third-order valence-electron chi connectivity index (χ3n) is 4.39. The molecule has 3 unspecified atom stereocenters. The molecule has 0 spiro atoms. The van der Waals surface area contributed by atoms with Gasteiger partial charge in [0.15, 0.2) is 0 Å². The molecule has 2 bridgehead atoms. The molecule has 0 radical (unpaired) electrons. The first-order valence-corrected chi connectivity index (χ1v) is 6.09. The zero-order chi connectivity index (χ0) is 9.54. The summed E-state index contributed by atoms with van der Waals surface area (Å²) in [6.07, 6.45) is 6.28. The van der Waals surface area contributed by atoms with Gasteiger partial charge in [-0.2, -0.15) is 0 Å². The molecule has 1 aliphatic heterocycles. The van der Waals surface area contributed by atoms with Gasteiger partial charge in [0, 0.05) is 18.4 Å². The van der Waals surface area contributed by atoms with Crippen molar-refractivity contribution in [1.29, 1.82) is 0 Å². The van der Waals surface area contributed by atoms with Crippen LogP contribution in [-0.2, 0) is 4.79 Å². The van der Waals surface area contributed by atoms with Crippen molar-refractivity contribution in [2.24, 2.45) is 17.8 Å². The third-order valence-corrected chi connectivity index (χ3v) is 4.39. The van der Waals surface area contributed by atoms with Crippen molar-refractivity contribution in [2.75, 3.05) is 19.6 Å². The van der Waals surface area contributed by atoms with Crippen molar-refractivity contribution in [3.05, 3.63) is 0 Å². The fraction of sp³-hybridized carbons (Fsp3) is 0.917. The molecule has 2 saturated carbocycles. The van der Waals surface area contributed by atoms with E-state index < -0.39 is 0 Å². The molecule has 3 atom stereocenters. The van der Waals surface area contributed by atoms with E-state index in [1.54, 1.807) is 0 Å². The Labute approximate surface area is 85.7 Å². The van der Waals surface area contributed by atoms with E-state index in [2.05, 4.69) is 4.90 Å². The number of fused-ring (bicyclic) bond motifs is 2. The van der Waals surface area contributed by atoms with E-state index in [9.17, 15) is 4.79 Å². The predicted octanol–water partition coefficient (Wildman–Crippen LogP) is 1.70. The summed E-state index contributed by atoms with van der Waals surface area (Å²) < 4.78 is 0. The Morgan fingerprint density at radius 3 is 2.79 bits per heavy atom. The van der Waals surface area contributed by atoms with Crippen LogP contribution in [0, 0.1) is 17.8 Å². The minimum atomic E-state index is 0.404. The molecule has 78 valence electrons. The zero-order valence-electron chi connectivity index (χ0n) is 8.74. The maximum Gasteiger partial charge on any atom is 0.140 e. The first-order chi connectivity index (χ1) is 6.83. The lowest BCUT2D eigenvalue weighted by Gasteiger charge is -2.36. The van der Waals surface area contributed by atoms with Gasteiger partial charge in [-0.15, -0.1) is 0 Å². The van der Waals surface area contributed by atoms with Crippen LogP contribution < -0.4 is 0 Å². The largest absolute Gasteiger partial charge is 0.303 e. The van der Waals surface area contributed by atoms with Crippen molar-refractivity contribution in [2.45, 2.75) is 32.1 Å². The van der Waals surface area contributed by atoms with Gasteiger partial charge in [0.1, 0.15) is 5.78 Å². The number of hydrogen-bond donors (Lipinski definition) is 0. The number of rotatable bonds is 2. The fourth-order valence-corrected chi connectivity index (χ4v) is 3.44. The van der Waals surface area contributed by atoms with E-state index >= 15 is 0 Å². The average molecular weight is 193 g/mol. The molecule has 3 rings (SSSR count). The average Bonchev–Trinajstić information content (AvgIpc) is 2.51. The Morgan fingerprint density at radius 2 is 2.07 bits per heavy atom. The van der Waals surface area contributed by atoms with Crippen LogP contribution in [0.15, 0.2) is 0 Å². The smallest absolute Gasteiger partial charge is 0.140 e. The van der Waals surface area contributed by atoms with Crippen molar-refractivity contribution < 1.29 is 4.79 Å². The molecule has 1 heterocycles. The van der Waals surface area contributed by atoms with Crippen LogP contribution in [0.3, 0.4) is 0 Å². The molecule has 3 fully saturated rings. The summed E-state index contributed by atoms with van der Waals surface area (Å²) in [6, 6.07) is 0. The van der Waals surface area contributed by atoms with Crippen molar-refractivity contribution >= 4 is 5.78 Å². The maximum atomic E-state index is 12.0. The molecule has 2 nitrogen and oxygen atoms in total. The molecule has 3 aliphatic rings. The summed E-state index contributed by atoms with van der Waals surface area (Å²) in [6.45, 7) is 3.55. The Bertz CT molecular complexity index is 247. The number of nitrogens with zero attached hydrogens (tertiary/aromatic N) is 1. The molecular formula is C12H19NO. The van der Waals surface area contributed by atoms with Crippen molar-refractivity contribution in [3.63, 3.8) is 0 Å². The van der Waals surface area contributed by atoms with Crippen LogP contribution in [0.25, 0.3) is 0 Å². The van der Waals surface area contributed by atoms with Crippen LogP contribution in [0.4, 0.5) is 0 Å². The van der Waals surface area contributed by atoms with Crippen LogP contribution >= 0.6 is 0 Å². The first-order valence-electron chi connectivity index (χ1n) is 6.09. The van der Waals surface area contributed by atoms with Gasteiger partial charge in [0.25, 0.3) is 0 Å². The highest BCUT2D eigenvalue weighted by atomic mass is 16.1. The lowest BCUT2D eigenvalue weighted by atomic mass is 9.79. The number of likely N-dealkylation sites (tertiary alicyclic amines) is 1. The number of Topliss-reactive ketones (excluding diaryl/α,β-unsaturated/α-hetero) is 1. The highest BCUT2D eigenvalue weighted by Crippen LogP contribution is 2.42. The lowest BCUT2D eigenvalue weighted by molar-refractivity contribution is -0.129. The minimum absolute atomic E-state index is 0.404. The van der Waals surface area contributed by atoms with Gasteiger partial charge in [-0.05, 0) is 51.1 Å². The van der Waals surface area contributed by atoms with Gasteiger partial charge >= 0.3 is 0 Å². The lowest BCUT2D eigenvalue weighted by Crippen LogP contribution is -2.44. The fourth-order valence-electron chi connectivity index (χ4n) is 3.44. The quantitative estimate of drug-likeness (QED) is 0.665. The van der Waals surface area contributed by atoms with E-state index in [0.29, 0.717) is 17.6 Å². The van der Waals surface area contributed by atoms with E-state index in [-0.39, 0.29) is 0 Å². The van der Waals surface area contributed by atoms with Gasteiger partial charge in [-0.25, -0.2) is 0 Å². The Hall–Kier alpha value is -0.370. The summed E-state index contributed by atoms with van der Waals surface area (Å²) in [7, 11) is 0. The molecule has 1 saturated heterocycles. The predicted molar refractivity (Wildman–Crippen MR) is 55.0 cm³/mol. The minimum Gasteiger partial charge on any atom is -0.303 e. The Kier molecular flexibility index (Phi) is 2.12. The van der Waals surface area contributed by atoms with Crippen LogP contribution in [-0.4, -0.2) is 30.3 Å². The molecule has 0 aromatic rings. The number of hydrogen-bond acceptors (Lipinski definition) is 2. The van der Waals surface area contributed by atoms with Crippen LogP contribution in [0.5, 0.6) is 0 Å². The molecule has 2 heteroatoms. The molecule has 14 heavy (non-hydrogen) atoms. The van der Waals surface area contributed by atoms with Crippen molar-refractivity contribution in [3.8, 4) is 0 Å². The number of carbonyl (C=O) groups excluding carboxylic acids is 1. The van der Waals surface area contributed by atoms with Gasteiger partial charge in [0.05, 0.1) is 0 Å². The van der Waals surface area contributed by atoms with Gasteiger partial charge in [0.2, 0.25) is 0 Å². The standard InChI is InChI=1S/C12H19NO/c14-12-10-3-2-9(6-10)7-11(12)8-13-4-1-5-13/h9-11H,1-8H2. The summed E-state index contributed by atoms with van der Waals surface area (Å²) in [5.41, 5.74) is 0. The van der Waals surface area contributed by atoms with E-state index in [4.69, 9.17) is 0 Å². The Morgan fingerprint density at radius 1 is 1.21 bits per heavy atom. The SMILES string of the molecule is O=C1C2CCC(C2)CC1CN1CCC1. The topological polar surface area (TPSA) is 20.3 Å². The Balaban J connectivity index is 1.64. The molecule has 2 aliphatic carbocycles. The van der Waals surface area contributed by atoms with E-state index in [1.807, 2.05) is 0 Å². The summed E-state index contributed by atoms with van der Waals surface area (Å²) in [4.78, 5) is 14.5. The maximum absolute atomic E-state index is 12.0. The molecule has 0 N–H and O–H groups in total. The highest BCUT2D eigenvalue weighted by Gasteiger charge is 2.41. The van der Waals surface area contributed by atoms with Gasteiger partial charge < -0.3 is 4.90 Å². The second kappa shape index (κ2) is 3.34. The summed E-state index contributed by atoms with van der Waals surface area (Å²) in [5.74, 6) is 2.36. The summed E-state index contributed by atoms with van der Waals surface area (Å²) in [5, 5.41) is 0. The molecule has 0 amide bonds. The molecular weight excluding hydrogens is 174 g/mol. The first kappa shape index (κ1) is 8.90. The highest BCUT2D eigenvalue weighted by molar-refractivity contribution is 5.84. The zero-order valence-corrected chi connectivity index (χ0v) is 8.74. The number of carbonyl (C=O) groups is 1. The monoisotopic (exact) mass is 193 g/mol. The normalized spacial score (nSPS) is 42.6. The second-order valence-corrected chi connectivity index (χ2v) is 5.37.